The van der Waals surface area contributed by atoms with Crippen LogP contribution in [0.3, 0.4) is 0 Å². The van der Waals surface area contributed by atoms with Crippen molar-refractivity contribution in [2.24, 2.45) is 5.92 Å². The van der Waals surface area contributed by atoms with Crippen LogP contribution in [0.2, 0.25) is 0 Å². The van der Waals surface area contributed by atoms with Crippen LogP contribution in [-0.4, -0.2) is 12.3 Å². The summed E-state index contributed by atoms with van der Waals surface area (Å²) in [4.78, 5) is 1.25. The Kier molecular flexibility index (Phi) is 6.18. The molecule has 1 aliphatic rings. The third kappa shape index (κ3) is 4.81. The highest BCUT2D eigenvalue weighted by atomic mass is 32.2. The van der Waals surface area contributed by atoms with Gasteiger partial charge in [-0.25, -0.2) is 4.39 Å². The third-order valence-corrected chi connectivity index (χ3v) is 5.06. The Labute approximate surface area is 120 Å². The average Bonchev–Trinajstić information content (AvgIpc) is 2.91. The van der Waals surface area contributed by atoms with E-state index in [-0.39, 0.29) is 5.82 Å². The Morgan fingerprint density at radius 2 is 2.11 bits per heavy atom. The van der Waals surface area contributed by atoms with Crippen molar-refractivity contribution < 1.29 is 4.39 Å². The largest absolute Gasteiger partial charge is 0.313 e. The summed E-state index contributed by atoms with van der Waals surface area (Å²) in [6.45, 7) is 3.91. The summed E-state index contributed by atoms with van der Waals surface area (Å²) in [7, 11) is 0. The van der Waals surface area contributed by atoms with E-state index in [1.807, 2.05) is 17.8 Å². The summed E-state index contributed by atoms with van der Waals surface area (Å²) in [5.74, 6) is 1.93. The molecule has 1 aromatic rings. The monoisotopic (exact) mass is 281 g/mol. The first-order valence-corrected chi connectivity index (χ1v) is 8.40. The first kappa shape index (κ1) is 14.9. The molecule has 2 rings (SSSR count). The second-order valence-corrected chi connectivity index (χ2v) is 6.45. The second-order valence-electron chi connectivity index (χ2n) is 5.39. The zero-order chi connectivity index (χ0) is 13.5. The summed E-state index contributed by atoms with van der Waals surface area (Å²) in [6.07, 6.45) is 6.63. The highest BCUT2D eigenvalue weighted by Gasteiger charge is 2.16. The summed E-state index contributed by atoms with van der Waals surface area (Å²) in [6, 6.07) is 5.21. The molecule has 1 saturated carbocycles. The van der Waals surface area contributed by atoms with E-state index < -0.39 is 0 Å². The Morgan fingerprint density at radius 1 is 1.32 bits per heavy atom. The first-order chi connectivity index (χ1) is 9.29. The quantitative estimate of drug-likeness (QED) is 0.578. The van der Waals surface area contributed by atoms with Crippen molar-refractivity contribution in [1.29, 1.82) is 0 Å². The van der Waals surface area contributed by atoms with Crippen molar-refractivity contribution in [1.82, 2.24) is 5.32 Å². The topological polar surface area (TPSA) is 12.0 Å². The molecule has 0 bridgehead atoms. The molecule has 0 unspecified atom stereocenters. The maximum Gasteiger partial charge on any atom is 0.123 e. The highest BCUT2D eigenvalue weighted by Crippen LogP contribution is 2.32. The second kappa shape index (κ2) is 7.91. The number of rotatable bonds is 7. The van der Waals surface area contributed by atoms with Gasteiger partial charge in [0.15, 0.2) is 0 Å². The number of hydrogen-bond acceptors (Lipinski definition) is 2. The predicted molar refractivity (Wildman–Crippen MR) is 81.1 cm³/mol. The molecular formula is C16H24FNS. The number of nitrogens with one attached hydrogen (secondary N) is 1. The van der Waals surface area contributed by atoms with Crippen LogP contribution in [0.5, 0.6) is 0 Å². The molecule has 0 amide bonds. The van der Waals surface area contributed by atoms with E-state index in [9.17, 15) is 4.39 Å². The van der Waals surface area contributed by atoms with Crippen molar-refractivity contribution in [3.8, 4) is 0 Å². The van der Waals surface area contributed by atoms with Gasteiger partial charge in [0.25, 0.3) is 0 Å². The summed E-state index contributed by atoms with van der Waals surface area (Å²) < 4.78 is 13.4. The van der Waals surface area contributed by atoms with Crippen LogP contribution in [-0.2, 0) is 6.54 Å². The van der Waals surface area contributed by atoms with E-state index in [4.69, 9.17) is 0 Å². The van der Waals surface area contributed by atoms with Gasteiger partial charge in [0, 0.05) is 17.2 Å². The zero-order valence-corrected chi connectivity index (χ0v) is 12.6. The van der Waals surface area contributed by atoms with E-state index in [0.717, 1.165) is 31.0 Å². The number of benzene rings is 1. The number of hydrogen-bond donors (Lipinski definition) is 1. The minimum absolute atomic E-state index is 0.126. The van der Waals surface area contributed by atoms with Gasteiger partial charge in [-0.2, -0.15) is 0 Å². The van der Waals surface area contributed by atoms with E-state index in [1.54, 1.807) is 12.1 Å². The molecule has 0 radical (unpaired) electrons. The number of thioether (sulfide) groups is 1. The first-order valence-electron chi connectivity index (χ1n) is 7.41. The van der Waals surface area contributed by atoms with E-state index in [1.165, 1.54) is 36.3 Å². The van der Waals surface area contributed by atoms with Crippen molar-refractivity contribution in [3.05, 3.63) is 29.6 Å². The van der Waals surface area contributed by atoms with Crippen LogP contribution in [0, 0.1) is 11.7 Å². The minimum atomic E-state index is -0.126. The molecule has 19 heavy (non-hydrogen) atoms. The van der Waals surface area contributed by atoms with Crippen molar-refractivity contribution in [2.75, 3.05) is 12.3 Å². The van der Waals surface area contributed by atoms with E-state index in [2.05, 4.69) is 12.2 Å². The van der Waals surface area contributed by atoms with Gasteiger partial charge >= 0.3 is 0 Å². The fraction of sp³-hybridized carbons (Fsp3) is 0.625. The lowest BCUT2D eigenvalue weighted by molar-refractivity contribution is 0.613. The molecule has 0 aliphatic heterocycles. The molecular weight excluding hydrogens is 257 g/mol. The molecule has 0 aromatic heterocycles. The van der Waals surface area contributed by atoms with Crippen molar-refractivity contribution >= 4 is 11.8 Å². The van der Waals surface area contributed by atoms with E-state index in [0.29, 0.717) is 0 Å². The van der Waals surface area contributed by atoms with Gasteiger partial charge in [0.2, 0.25) is 0 Å². The lowest BCUT2D eigenvalue weighted by Gasteiger charge is -2.13. The van der Waals surface area contributed by atoms with Crippen LogP contribution < -0.4 is 5.32 Å². The zero-order valence-electron chi connectivity index (χ0n) is 11.8. The average molecular weight is 281 g/mol. The van der Waals surface area contributed by atoms with Crippen LogP contribution in [0.25, 0.3) is 0 Å². The molecule has 106 valence electrons. The molecule has 3 heteroatoms. The normalized spacial score (nSPS) is 16.1. The Bertz CT molecular complexity index is 388. The maximum atomic E-state index is 13.4. The van der Waals surface area contributed by atoms with E-state index >= 15 is 0 Å². The third-order valence-electron chi connectivity index (χ3n) is 3.71. The lowest BCUT2D eigenvalue weighted by atomic mass is 10.1. The molecule has 0 atom stereocenters. The maximum absolute atomic E-state index is 13.4. The van der Waals surface area contributed by atoms with Gasteiger partial charge in [0.05, 0.1) is 0 Å². The molecule has 1 fully saturated rings. The highest BCUT2D eigenvalue weighted by molar-refractivity contribution is 7.99. The standard InChI is InChI=1S/C16H24FNS/c1-2-9-18-11-14-10-15(17)7-8-16(14)19-12-13-5-3-4-6-13/h7-8,10,13,18H,2-6,9,11-12H2,1H3. The Balaban J connectivity index is 1.92. The molecule has 0 saturated heterocycles. The molecule has 1 nitrogen and oxygen atoms in total. The minimum Gasteiger partial charge on any atom is -0.313 e. The smallest absolute Gasteiger partial charge is 0.123 e. The van der Waals surface area contributed by atoms with Gasteiger partial charge in [-0.15, -0.1) is 11.8 Å². The van der Waals surface area contributed by atoms with Gasteiger partial charge in [-0.05, 0) is 55.5 Å². The molecule has 1 aromatic carbocycles. The van der Waals surface area contributed by atoms with Crippen LogP contribution >= 0.6 is 11.8 Å². The fourth-order valence-electron chi connectivity index (χ4n) is 2.61. The summed E-state index contributed by atoms with van der Waals surface area (Å²) in [5.41, 5.74) is 1.11. The molecule has 0 spiro atoms. The summed E-state index contributed by atoms with van der Waals surface area (Å²) in [5, 5.41) is 3.37. The molecule has 0 heterocycles. The van der Waals surface area contributed by atoms with Crippen LogP contribution in [0.15, 0.2) is 23.1 Å². The fourth-order valence-corrected chi connectivity index (χ4v) is 3.84. The van der Waals surface area contributed by atoms with Gasteiger partial charge in [-0.1, -0.05) is 19.8 Å². The lowest BCUT2D eigenvalue weighted by Crippen LogP contribution is -2.14. The van der Waals surface area contributed by atoms with Crippen LogP contribution in [0.1, 0.15) is 44.6 Å². The summed E-state index contributed by atoms with van der Waals surface area (Å²) >= 11 is 1.90. The molecule has 1 N–H and O–H groups in total. The molecule has 1 aliphatic carbocycles. The Hall–Kier alpha value is -0.540. The SMILES string of the molecule is CCCNCc1cc(F)ccc1SCC1CCCC1. The van der Waals surface area contributed by atoms with Crippen molar-refractivity contribution in [3.63, 3.8) is 0 Å². The number of halogens is 1. The van der Waals surface area contributed by atoms with Crippen molar-refractivity contribution in [2.45, 2.75) is 50.5 Å². The van der Waals surface area contributed by atoms with Gasteiger partial charge in [0.1, 0.15) is 5.82 Å². The van der Waals surface area contributed by atoms with Gasteiger partial charge < -0.3 is 5.32 Å². The predicted octanol–water partition coefficient (Wildman–Crippen LogP) is 4.61. The van der Waals surface area contributed by atoms with Gasteiger partial charge in [-0.3, -0.25) is 0 Å². The van der Waals surface area contributed by atoms with Crippen LogP contribution in [0.4, 0.5) is 4.39 Å². The Morgan fingerprint density at radius 3 is 2.84 bits per heavy atom.